The molecule has 3 rings (SSSR count). The van der Waals surface area contributed by atoms with Crippen LogP contribution in [0.1, 0.15) is 49.7 Å². The van der Waals surface area contributed by atoms with Crippen molar-refractivity contribution in [2.45, 2.75) is 45.7 Å². The van der Waals surface area contributed by atoms with Crippen LogP contribution in [-0.4, -0.2) is 43.5 Å². The molecule has 0 aliphatic rings. The lowest BCUT2D eigenvalue weighted by Crippen LogP contribution is -2.23. The molecule has 8 nitrogen and oxygen atoms in total. The Labute approximate surface area is 165 Å². The average molecular weight is 384 g/mol. The van der Waals surface area contributed by atoms with Crippen LogP contribution in [0.5, 0.6) is 0 Å². The fourth-order valence-corrected chi connectivity index (χ4v) is 3.01. The monoisotopic (exact) mass is 383 g/mol. The summed E-state index contributed by atoms with van der Waals surface area (Å²) in [5.74, 6) is 1.55. The average Bonchev–Trinajstić information content (AvgIpc) is 3.25. The van der Waals surface area contributed by atoms with Gasteiger partial charge in [0.15, 0.2) is 5.82 Å². The molecule has 0 fully saturated rings. The number of methoxy groups -OCH3 is 1. The summed E-state index contributed by atoms with van der Waals surface area (Å²) in [7, 11) is 3.66. The Morgan fingerprint density at radius 1 is 1.14 bits per heavy atom. The minimum Gasteiger partial charge on any atom is -0.383 e. The number of hydrogen-bond acceptors (Lipinski definition) is 6. The molecule has 0 saturated carbocycles. The summed E-state index contributed by atoms with van der Waals surface area (Å²) in [4.78, 5) is 4.61. The van der Waals surface area contributed by atoms with Crippen molar-refractivity contribution in [3.8, 4) is 0 Å². The Morgan fingerprint density at radius 3 is 2.43 bits per heavy atom. The van der Waals surface area contributed by atoms with Gasteiger partial charge in [-0.15, -0.1) is 5.10 Å². The molecule has 2 heterocycles. The normalized spacial score (nSPS) is 12.9. The van der Waals surface area contributed by atoms with Crippen molar-refractivity contribution in [3.63, 3.8) is 0 Å². The topological polar surface area (TPSA) is 82.7 Å². The number of aromatic nitrogens is 6. The summed E-state index contributed by atoms with van der Waals surface area (Å²) in [6, 6.07) is 8.19. The predicted octanol–water partition coefficient (Wildman–Crippen LogP) is 2.86. The Balaban J connectivity index is 1.96. The third-order valence-corrected chi connectivity index (χ3v) is 4.90. The van der Waals surface area contributed by atoms with Crippen LogP contribution in [0.4, 0.5) is 5.69 Å². The summed E-state index contributed by atoms with van der Waals surface area (Å²) in [6.07, 6.45) is 1.86. The first-order chi connectivity index (χ1) is 13.3. The highest BCUT2D eigenvalue weighted by atomic mass is 16.5. The van der Waals surface area contributed by atoms with Gasteiger partial charge in [-0.05, 0) is 40.5 Å². The summed E-state index contributed by atoms with van der Waals surface area (Å²) in [6.45, 7) is 9.75. The number of anilines is 1. The van der Waals surface area contributed by atoms with Crippen LogP contribution in [0.3, 0.4) is 0 Å². The van der Waals surface area contributed by atoms with E-state index in [2.05, 4.69) is 75.4 Å². The van der Waals surface area contributed by atoms with Gasteiger partial charge in [0.05, 0.1) is 13.2 Å². The van der Waals surface area contributed by atoms with E-state index in [-0.39, 0.29) is 11.5 Å². The van der Waals surface area contributed by atoms with Gasteiger partial charge in [-0.25, -0.2) is 9.67 Å². The van der Waals surface area contributed by atoms with Gasteiger partial charge in [-0.1, -0.05) is 32.9 Å². The van der Waals surface area contributed by atoms with Crippen molar-refractivity contribution in [3.05, 3.63) is 53.4 Å². The standard InChI is InChI=1S/C20H29N7O/c1-14-13-21-18(26(14)5)17(19-23-24-25-27(19)11-12-28-6)22-16-9-7-15(8-10-16)20(2,3)4/h7-10,13,17,22H,11-12H2,1-6H3. The zero-order valence-electron chi connectivity index (χ0n) is 17.5. The Hall–Kier alpha value is -2.74. The van der Waals surface area contributed by atoms with Crippen LogP contribution in [-0.2, 0) is 23.7 Å². The molecule has 28 heavy (non-hydrogen) atoms. The van der Waals surface area contributed by atoms with Crippen molar-refractivity contribution in [2.24, 2.45) is 7.05 Å². The quantitative estimate of drug-likeness (QED) is 0.675. The van der Waals surface area contributed by atoms with Crippen molar-refractivity contribution >= 4 is 5.69 Å². The Kier molecular flexibility index (Phi) is 5.79. The van der Waals surface area contributed by atoms with Crippen molar-refractivity contribution < 1.29 is 4.74 Å². The Morgan fingerprint density at radius 2 is 1.86 bits per heavy atom. The van der Waals surface area contributed by atoms with Crippen LogP contribution in [0, 0.1) is 6.92 Å². The molecule has 0 amide bonds. The first-order valence-electron chi connectivity index (χ1n) is 9.41. The smallest absolute Gasteiger partial charge is 0.181 e. The summed E-state index contributed by atoms with van der Waals surface area (Å²) in [5.41, 5.74) is 3.45. The highest BCUT2D eigenvalue weighted by molar-refractivity contribution is 5.48. The van der Waals surface area contributed by atoms with E-state index >= 15 is 0 Å². The lowest BCUT2D eigenvalue weighted by molar-refractivity contribution is 0.181. The maximum absolute atomic E-state index is 5.19. The number of tetrazole rings is 1. The molecule has 1 aromatic carbocycles. The van der Waals surface area contributed by atoms with Crippen LogP contribution in [0.25, 0.3) is 0 Å². The third-order valence-electron chi connectivity index (χ3n) is 4.90. The van der Waals surface area contributed by atoms with Gasteiger partial charge >= 0.3 is 0 Å². The zero-order valence-corrected chi connectivity index (χ0v) is 17.5. The maximum atomic E-state index is 5.19. The van der Waals surface area contributed by atoms with Gasteiger partial charge in [0.25, 0.3) is 0 Å². The number of rotatable bonds is 7. The second-order valence-electron chi connectivity index (χ2n) is 7.97. The number of aryl methyl sites for hydroxylation is 1. The number of nitrogens with zero attached hydrogens (tertiary/aromatic N) is 6. The number of benzene rings is 1. The SMILES string of the molecule is COCCn1nnnc1C(Nc1ccc(C(C)(C)C)cc1)c1ncc(C)n1C. The van der Waals surface area contributed by atoms with E-state index in [1.165, 1.54) is 5.56 Å². The van der Waals surface area contributed by atoms with Crippen molar-refractivity contribution in [1.29, 1.82) is 0 Å². The molecule has 0 saturated heterocycles. The maximum Gasteiger partial charge on any atom is 0.181 e. The highest BCUT2D eigenvalue weighted by Crippen LogP contribution is 2.27. The Bertz CT molecular complexity index is 906. The minimum atomic E-state index is -0.286. The summed E-state index contributed by atoms with van der Waals surface area (Å²) >= 11 is 0. The molecule has 0 aliphatic carbocycles. The van der Waals surface area contributed by atoms with E-state index in [9.17, 15) is 0 Å². The molecule has 150 valence electrons. The molecule has 8 heteroatoms. The van der Waals surface area contributed by atoms with Crippen LogP contribution >= 0.6 is 0 Å². The molecule has 1 unspecified atom stereocenters. The van der Waals surface area contributed by atoms with E-state index in [0.29, 0.717) is 19.0 Å². The lowest BCUT2D eigenvalue weighted by atomic mass is 9.87. The van der Waals surface area contributed by atoms with Gasteiger partial charge < -0.3 is 14.6 Å². The second-order valence-corrected chi connectivity index (χ2v) is 7.97. The van der Waals surface area contributed by atoms with E-state index in [1.54, 1.807) is 11.8 Å². The molecule has 2 aromatic heterocycles. The molecule has 1 N–H and O–H groups in total. The molecule has 0 radical (unpaired) electrons. The summed E-state index contributed by atoms with van der Waals surface area (Å²) in [5, 5.41) is 15.8. The lowest BCUT2D eigenvalue weighted by Gasteiger charge is -2.22. The molecule has 0 bridgehead atoms. The fourth-order valence-electron chi connectivity index (χ4n) is 3.01. The highest BCUT2D eigenvalue weighted by Gasteiger charge is 2.26. The molecule has 3 aromatic rings. The van der Waals surface area contributed by atoms with Gasteiger partial charge in [0.2, 0.25) is 0 Å². The van der Waals surface area contributed by atoms with Crippen LogP contribution in [0.2, 0.25) is 0 Å². The number of ether oxygens (including phenoxy) is 1. The minimum absolute atomic E-state index is 0.110. The first-order valence-corrected chi connectivity index (χ1v) is 9.41. The van der Waals surface area contributed by atoms with Gasteiger partial charge in [0.1, 0.15) is 11.9 Å². The van der Waals surface area contributed by atoms with E-state index in [4.69, 9.17) is 4.74 Å². The van der Waals surface area contributed by atoms with Crippen LogP contribution in [0.15, 0.2) is 30.5 Å². The summed E-state index contributed by atoms with van der Waals surface area (Å²) < 4.78 is 9.00. The number of hydrogen-bond donors (Lipinski definition) is 1. The zero-order chi connectivity index (χ0) is 20.3. The van der Waals surface area contributed by atoms with Crippen molar-refractivity contribution in [2.75, 3.05) is 19.0 Å². The van der Waals surface area contributed by atoms with E-state index in [1.807, 2.05) is 20.2 Å². The van der Waals surface area contributed by atoms with Gasteiger partial charge in [-0.2, -0.15) is 0 Å². The molecule has 0 aliphatic heterocycles. The first kappa shape index (κ1) is 20.0. The largest absolute Gasteiger partial charge is 0.383 e. The number of nitrogens with one attached hydrogen (secondary N) is 1. The number of imidazole rings is 1. The molecular formula is C20H29N7O. The molecule has 0 spiro atoms. The van der Waals surface area contributed by atoms with E-state index in [0.717, 1.165) is 17.2 Å². The second kappa shape index (κ2) is 8.10. The predicted molar refractivity (Wildman–Crippen MR) is 108 cm³/mol. The van der Waals surface area contributed by atoms with Gasteiger partial charge in [-0.3, -0.25) is 0 Å². The molecule has 1 atom stereocenters. The fraction of sp³-hybridized carbons (Fsp3) is 0.500. The van der Waals surface area contributed by atoms with Gasteiger partial charge in [0, 0.05) is 31.7 Å². The van der Waals surface area contributed by atoms with Crippen molar-refractivity contribution in [1.82, 2.24) is 29.8 Å². The van der Waals surface area contributed by atoms with E-state index < -0.39 is 0 Å². The third kappa shape index (κ3) is 4.22. The van der Waals surface area contributed by atoms with Crippen LogP contribution < -0.4 is 5.32 Å². The molecular weight excluding hydrogens is 354 g/mol.